The van der Waals surface area contributed by atoms with Gasteiger partial charge >= 0.3 is 0 Å². The second-order valence-corrected chi connectivity index (χ2v) is 3.88. The number of nitrogens with one attached hydrogen (secondary N) is 1. The second kappa shape index (κ2) is 6.48. The normalized spacial score (nSPS) is 12.5. The van der Waals surface area contributed by atoms with Gasteiger partial charge in [0.15, 0.2) is 0 Å². The highest BCUT2D eigenvalue weighted by molar-refractivity contribution is 5.36. The van der Waals surface area contributed by atoms with E-state index in [4.69, 9.17) is 15.6 Å². The maximum atomic E-state index is 8.76. The van der Waals surface area contributed by atoms with Gasteiger partial charge in [0.2, 0.25) is 0 Å². The number of benzene rings is 1. The van der Waals surface area contributed by atoms with Crippen LogP contribution in [0.15, 0.2) is 18.2 Å². The first-order chi connectivity index (χ1) is 7.67. The van der Waals surface area contributed by atoms with Crippen LogP contribution in [0.3, 0.4) is 0 Å². The molecule has 0 saturated carbocycles. The molecular weight excluding hydrogens is 204 g/mol. The molecule has 16 heavy (non-hydrogen) atoms. The largest absolute Gasteiger partial charge is 0.496 e. The third kappa shape index (κ3) is 3.81. The topological polar surface area (TPSA) is 67.5 Å². The summed E-state index contributed by atoms with van der Waals surface area (Å²) in [5, 5.41) is 12.0. The van der Waals surface area contributed by atoms with Gasteiger partial charge in [-0.3, -0.25) is 0 Å². The average Bonchev–Trinajstić information content (AvgIpc) is 2.29. The molecule has 0 fully saturated rings. The second-order valence-electron chi connectivity index (χ2n) is 3.88. The fourth-order valence-corrected chi connectivity index (χ4v) is 1.52. The third-order valence-electron chi connectivity index (χ3n) is 2.43. The number of aliphatic hydroxyl groups is 1. The fourth-order valence-electron chi connectivity index (χ4n) is 1.52. The third-order valence-corrected chi connectivity index (χ3v) is 2.43. The summed E-state index contributed by atoms with van der Waals surface area (Å²) < 4.78 is 5.19. The van der Waals surface area contributed by atoms with E-state index >= 15 is 0 Å². The summed E-state index contributed by atoms with van der Waals surface area (Å²) in [4.78, 5) is 0. The van der Waals surface area contributed by atoms with Gasteiger partial charge in [0, 0.05) is 19.1 Å². The predicted molar refractivity (Wildman–Crippen MR) is 64.5 cm³/mol. The Morgan fingerprint density at radius 1 is 1.50 bits per heavy atom. The van der Waals surface area contributed by atoms with Crippen molar-refractivity contribution in [1.29, 1.82) is 0 Å². The molecular formula is C12H20N2O2. The lowest BCUT2D eigenvalue weighted by molar-refractivity contribution is 0.262. The van der Waals surface area contributed by atoms with Crippen molar-refractivity contribution in [3.05, 3.63) is 29.3 Å². The summed E-state index contributed by atoms with van der Waals surface area (Å²) in [5.41, 5.74) is 7.88. The molecule has 0 aliphatic heterocycles. The molecule has 90 valence electrons. The van der Waals surface area contributed by atoms with E-state index in [1.807, 2.05) is 19.1 Å². The molecule has 1 aromatic rings. The van der Waals surface area contributed by atoms with Crippen molar-refractivity contribution in [2.45, 2.75) is 19.5 Å². The van der Waals surface area contributed by atoms with Crippen LogP contribution in [-0.4, -0.2) is 31.4 Å². The number of ether oxygens (including phenoxy) is 1. The highest BCUT2D eigenvalue weighted by atomic mass is 16.5. The van der Waals surface area contributed by atoms with E-state index in [0.29, 0.717) is 6.54 Å². The Kier molecular flexibility index (Phi) is 5.25. The van der Waals surface area contributed by atoms with E-state index < -0.39 is 0 Å². The molecule has 0 radical (unpaired) electrons. The van der Waals surface area contributed by atoms with E-state index in [0.717, 1.165) is 17.9 Å². The van der Waals surface area contributed by atoms with Gasteiger partial charge in [0.1, 0.15) is 5.75 Å². The van der Waals surface area contributed by atoms with Gasteiger partial charge in [-0.15, -0.1) is 0 Å². The molecule has 1 rings (SSSR count). The van der Waals surface area contributed by atoms with Crippen LogP contribution in [0.5, 0.6) is 5.75 Å². The molecule has 0 aromatic heterocycles. The van der Waals surface area contributed by atoms with E-state index in [2.05, 4.69) is 11.4 Å². The Labute approximate surface area is 96.4 Å². The number of hydrogen-bond acceptors (Lipinski definition) is 4. The van der Waals surface area contributed by atoms with Crippen molar-refractivity contribution in [2.24, 2.45) is 5.73 Å². The molecule has 0 amide bonds. The molecule has 4 nitrogen and oxygen atoms in total. The Hall–Kier alpha value is -1.10. The zero-order chi connectivity index (χ0) is 12.0. The smallest absolute Gasteiger partial charge is 0.121 e. The van der Waals surface area contributed by atoms with E-state index in [9.17, 15) is 0 Å². The zero-order valence-electron chi connectivity index (χ0n) is 9.86. The van der Waals surface area contributed by atoms with Crippen LogP contribution in [0, 0.1) is 6.92 Å². The first kappa shape index (κ1) is 13.0. The van der Waals surface area contributed by atoms with Crippen molar-refractivity contribution in [3.8, 4) is 5.75 Å². The summed E-state index contributed by atoms with van der Waals surface area (Å²) in [6, 6.07) is 5.86. The van der Waals surface area contributed by atoms with Crippen LogP contribution in [0.4, 0.5) is 0 Å². The van der Waals surface area contributed by atoms with E-state index in [1.165, 1.54) is 5.56 Å². The van der Waals surface area contributed by atoms with Gasteiger partial charge in [-0.1, -0.05) is 12.1 Å². The van der Waals surface area contributed by atoms with Crippen LogP contribution >= 0.6 is 0 Å². The van der Waals surface area contributed by atoms with Crippen molar-refractivity contribution < 1.29 is 9.84 Å². The number of methoxy groups -OCH3 is 1. The molecule has 0 bridgehead atoms. The van der Waals surface area contributed by atoms with Crippen LogP contribution in [-0.2, 0) is 6.54 Å². The lowest BCUT2D eigenvalue weighted by Gasteiger charge is -2.11. The molecule has 1 unspecified atom stereocenters. The van der Waals surface area contributed by atoms with Crippen LogP contribution in [0.2, 0.25) is 0 Å². The maximum Gasteiger partial charge on any atom is 0.121 e. The standard InChI is InChI=1S/C12H20N2O2/c1-9-5-10(3-4-12(9)16-2)6-14-7-11(13)8-15/h3-5,11,14-15H,6-8,13H2,1-2H3. The van der Waals surface area contributed by atoms with Gasteiger partial charge in [-0.05, 0) is 24.1 Å². The quantitative estimate of drug-likeness (QED) is 0.655. The molecule has 4 heteroatoms. The molecule has 0 saturated heterocycles. The molecule has 1 atom stereocenters. The van der Waals surface area contributed by atoms with E-state index in [1.54, 1.807) is 7.11 Å². The number of rotatable bonds is 6. The SMILES string of the molecule is COc1ccc(CNCC(N)CO)cc1C. The van der Waals surface area contributed by atoms with Crippen molar-refractivity contribution in [2.75, 3.05) is 20.3 Å². The number of hydrogen-bond donors (Lipinski definition) is 3. The van der Waals surface area contributed by atoms with Gasteiger partial charge in [0.05, 0.1) is 13.7 Å². The minimum absolute atomic E-state index is 0.00857. The molecule has 0 aliphatic carbocycles. The highest BCUT2D eigenvalue weighted by Crippen LogP contribution is 2.18. The monoisotopic (exact) mass is 224 g/mol. The van der Waals surface area contributed by atoms with E-state index in [-0.39, 0.29) is 12.6 Å². The summed E-state index contributed by atoms with van der Waals surface area (Å²) in [6.07, 6.45) is 0. The van der Waals surface area contributed by atoms with Crippen molar-refractivity contribution in [3.63, 3.8) is 0 Å². The molecule has 4 N–H and O–H groups in total. The minimum atomic E-state index is -0.195. The lowest BCUT2D eigenvalue weighted by atomic mass is 10.1. The van der Waals surface area contributed by atoms with Crippen molar-refractivity contribution >= 4 is 0 Å². The lowest BCUT2D eigenvalue weighted by Crippen LogP contribution is -2.36. The summed E-state index contributed by atoms with van der Waals surface area (Å²) in [7, 11) is 1.67. The highest BCUT2D eigenvalue weighted by Gasteiger charge is 2.01. The molecule has 0 spiro atoms. The van der Waals surface area contributed by atoms with Gasteiger partial charge in [-0.2, -0.15) is 0 Å². The average molecular weight is 224 g/mol. The minimum Gasteiger partial charge on any atom is -0.496 e. The first-order valence-corrected chi connectivity index (χ1v) is 5.38. The fraction of sp³-hybridized carbons (Fsp3) is 0.500. The van der Waals surface area contributed by atoms with Crippen LogP contribution in [0.1, 0.15) is 11.1 Å². The molecule has 0 heterocycles. The first-order valence-electron chi connectivity index (χ1n) is 5.38. The van der Waals surface area contributed by atoms with Crippen molar-refractivity contribution in [1.82, 2.24) is 5.32 Å². The Bertz CT molecular complexity index is 329. The predicted octanol–water partition coefficient (Wildman–Crippen LogP) is 0.413. The molecule has 0 aliphatic rings. The summed E-state index contributed by atoms with van der Waals surface area (Å²) in [6.45, 7) is 3.39. The number of nitrogens with two attached hydrogens (primary N) is 1. The maximum absolute atomic E-state index is 8.76. The van der Waals surface area contributed by atoms with Gasteiger partial charge in [0.25, 0.3) is 0 Å². The number of aliphatic hydroxyl groups excluding tert-OH is 1. The summed E-state index contributed by atoms with van der Waals surface area (Å²) in [5.74, 6) is 0.899. The Balaban J connectivity index is 2.46. The number of aryl methyl sites for hydroxylation is 1. The summed E-state index contributed by atoms with van der Waals surface area (Å²) >= 11 is 0. The van der Waals surface area contributed by atoms with Crippen LogP contribution < -0.4 is 15.8 Å². The van der Waals surface area contributed by atoms with Crippen LogP contribution in [0.25, 0.3) is 0 Å². The van der Waals surface area contributed by atoms with Gasteiger partial charge in [-0.25, -0.2) is 0 Å². The Morgan fingerprint density at radius 2 is 2.25 bits per heavy atom. The Morgan fingerprint density at radius 3 is 2.81 bits per heavy atom. The molecule has 1 aromatic carbocycles. The van der Waals surface area contributed by atoms with Gasteiger partial charge < -0.3 is 20.9 Å². The zero-order valence-corrected chi connectivity index (χ0v) is 9.86.